The number of ether oxygens (including phenoxy) is 1. The minimum atomic E-state index is -0.586. The van der Waals surface area contributed by atoms with Crippen LogP contribution in [-0.4, -0.2) is 11.7 Å². The van der Waals surface area contributed by atoms with Crippen molar-refractivity contribution in [3.8, 4) is 0 Å². The maximum absolute atomic E-state index is 13.1. The zero-order chi connectivity index (χ0) is 13.8. The van der Waals surface area contributed by atoms with E-state index in [1.165, 1.54) is 12.1 Å². The lowest BCUT2D eigenvalue weighted by molar-refractivity contribution is 0.0497. The van der Waals surface area contributed by atoms with Gasteiger partial charge in [0, 0.05) is 6.54 Å². The van der Waals surface area contributed by atoms with Crippen molar-refractivity contribution in [1.29, 1.82) is 0 Å². The van der Waals surface area contributed by atoms with E-state index in [0.29, 0.717) is 5.56 Å². The van der Waals surface area contributed by atoms with Gasteiger partial charge in [0.05, 0.1) is 5.02 Å². The van der Waals surface area contributed by atoms with Crippen LogP contribution in [0, 0.1) is 5.82 Å². The predicted octanol–water partition coefficient (Wildman–Crippen LogP) is 3.01. The van der Waals surface area contributed by atoms with Crippen LogP contribution in [0.5, 0.6) is 0 Å². The molecule has 1 amide bonds. The molecule has 0 unspecified atom stereocenters. The highest BCUT2D eigenvalue weighted by molar-refractivity contribution is 6.30. The van der Waals surface area contributed by atoms with E-state index in [-0.39, 0.29) is 11.6 Å². The van der Waals surface area contributed by atoms with E-state index >= 15 is 0 Å². The number of benzene rings is 1. The Kier molecular flexibility index (Phi) is 4.93. The van der Waals surface area contributed by atoms with E-state index in [0.717, 1.165) is 0 Å². The van der Waals surface area contributed by atoms with Crippen LogP contribution in [0.2, 0.25) is 5.02 Å². The molecular weight excluding hydrogens is 259 g/mol. The van der Waals surface area contributed by atoms with E-state index < -0.39 is 17.5 Å². The standard InChI is InChI=1S/C12H16ClFN2O2/c1-12(2,3)18-11(17)16-15-7-8-4-5-9(13)10(14)6-8/h4-6,15H,7H2,1-3H3,(H,16,17). The maximum Gasteiger partial charge on any atom is 0.422 e. The molecule has 0 aliphatic rings. The van der Waals surface area contributed by atoms with Crippen LogP contribution in [0.1, 0.15) is 26.3 Å². The molecule has 4 nitrogen and oxygen atoms in total. The van der Waals surface area contributed by atoms with Crippen LogP contribution in [0.15, 0.2) is 18.2 Å². The molecule has 1 aromatic rings. The summed E-state index contributed by atoms with van der Waals surface area (Å²) in [6.07, 6.45) is -0.586. The van der Waals surface area contributed by atoms with E-state index in [9.17, 15) is 9.18 Å². The van der Waals surface area contributed by atoms with Crippen LogP contribution in [-0.2, 0) is 11.3 Å². The number of hydrogen-bond acceptors (Lipinski definition) is 3. The summed E-state index contributed by atoms with van der Waals surface area (Å²) in [6.45, 7) is 5.57. The third-order valence-electron chi connectivity index (χ3n) is 1.87. The molecule has 100 valence electrons. The second kappa shape index (κ2) is 6.02. The number of halogens is 2. The minimum absolute atomic E-state index is 0.0684. The second-order valence-electron chi connectivity index (χ2n) is 4.73. The van der Waals surface area contributed by atoms with Gasteiger partial charge in [-0.2, -0.15) is 0 Å². The maximum atomic E-state index is 13.1. The van der Waals surface area contributed by atoms with Gasteiger partial charge in [-0.05, 0) is 38.5 Å². The number of amides is 1. The number of hydrazine groups is 1. The first kappa shape index (κ1) is 14.7. The first-order chi connectivity index (χ1) is 8.28. The van der Waals surface area contributed by atoms with Crippen molar-refractivity contribution in [2.24, 2.45) is 0 Å². The highest BCUT2D eigenvalue weighted by Crippen LogP contribution is 2.15. The van der Waals surface area contributed by atoms with Gasteiger partial charge in [-0.15, -0.1) is 0 Å². The molecule has 0 heterocycles. The van der Waals surface area contributed by atoms with E-state index in [4.69, 9.17) is 16.3 Å². The van der Waals surface area contributed by atoms with Crippen LogP contribution >= 0.6 is 11.6 Å². The summed E-state index contributed by atoms with van der Waals surface area (Å²) < 4.78 is 18.1. The molecule has 0 aliphatic carbocycles. The van der Waals surface area contributed by atoms with E-state index in [1.54, 1.807) is 26.8 Å². The molecule has 1 aromatic carbocycles. The van der Waals surface area contributed by atoms with Gasteiger partial charge in [0.15, 0.2) is 0 Å². The smallest absolute Gasteiger partial charge is 0.422 e. The summed E-state index contributed by atoms with van der Waals surface area (Å²) in [4.78, 5) is 11.3. The lowest BCUT2D eigenvalue weighted by atomic mass is 10.2. The Morgan fingerprint density at radius 3 is 2.67 bits per heavy atom. The second-order valence-corrected chi connectivity index (χ2v) is 5.14. The number of carbonyl (C=O) groups is 1. The van der Waals surface area contributed by atoms with E-state index in [1.807, 2.05) is 0 Å². The molecule has 0 aromatic heterocycles. The van der Waals surface area contributed by atoms with Crippen molar-refractivity contribution in [3.05, 3.63) is 34.6 Å². The van der Waals surface area contributed by atoms with Crippen LogP contribution in [0.25, 0.3) is 0 Å². The van der Waals surface area contributed by atoms with Crippen molar-refractivity contribution in [2.75, 3.05) is 0 Å². The molecule has 0 aliphatic heterocycles. The van der Waals surface area contributed by atoms with Crippen LogP contribution < -0.4 is 10.9 Å². The molecule has 0 bridgehead atoms. The SMILES string of the molecule is CC(C)(C)OC(=O)NNCc1ccc(Cl)c(F)c1. The Bertz CT molecular complexity index is 433. The van der Waals surface area contributed by atoms with Gasteiger partial charge in [-0.1, -0.05) is 17.7 Å². The number of rotatable bonds is 3. The highest BCUT2D eigenvalue weighted by Gasteiger charge is 2.15. The zero-order valence-corrected chi connectivity index (χ0v) is 11.3. The normalized spacial score (nSPS) is 11.2. The number of carbonyl (C=O) groups excluding carboxylic acids is 1. The van der Waals surface area contributed by atoms with Crippen molar-refractivity contribution in [1.82, 2.24) is 10.9 Å². The van der Waals surface area contributed by atoms with Gasteiger partial charge < -0.3 is 4.74 Å². The van der Waals surface area contributed by atoms with Crippen LogP contribution in [0.3, 0.4) is 0 Å². The fourth-order valence-corrected chi connectivity index (χ4v) is 1.29. The topological polar surface area (TPSA) is 50.4 Å². The Labute approximate surface area is 110 Å². The van der Waals surface area contributed by atoms with Gasteiger partial charge in [0.25, 0.3) is 0 Å². The fourth-order valence-electron chi connectivity index (χ4n) is 1.17. The monoisotopic (exact) mass is 274 g/mol. The largest absolute Gasteiger partial charge is 0.443 e. The van der Waals surface area contributed by atoms with Gasteiger partial charge >= 0.3 is 6.09 Å². The Balaban J connectivity index is 2.38. The molecule has 6 heteroatoms. The molecule has 1 rings (SSSR count). The average molecular weight is 275 g/mol. The Morgan fingerprint density at radius 2 is 2.11 bits per heavy atom. The Morgan fingerprint density at radius 1 is 1.44 bits per heavy atom. The van der Waals surface area contributed by atoms with Crippen LogP contribution in [0.4, 0.5) is 9.18 Å². The van der Waals surface area contributed by atoms with Gasteiger partial charge in [-0.25, -0.2) is 14.6 Å². The fraction of sp³-hybridized carbons (Fsp3) is 0.417. The summed E-state index contributed by atoms with van der Waals surface area (Å²) in [6, 6.07) is 4.42. The molecule has 18 heavy (non-hydrogen) atoms. The summed E-state index contributed by atoms with van der Waals surface area (Å²) >= 11 is 5.55. The van der Waals surface area contributed by atoms with E-state index in [2.05, 4.69) is 10.9 Å². The lowest BCUT2D eigenvalue weighted by Crippen LogP contribution is -2.40. The number of nitrogens with one attached hydrogen (secondary N) is 2. The highest BCUT2D eigenvalue weighted by atomic mass is 35.5. The summed E-state index contributed by atoms with van der Waals surface area (Å²) in [5.74, 6) is -0.492. The molecule has 0 saturated heterocycles. The lowest BCUT2D eigenvalue weighted by Gasteiger charge is -2.19. The van der Waals surface area contributed by atoms with Crippen molar-refractivity contribution in [3.63, 3.8) is 0 Å². The zero-order valence-electron chi connectivity index (χ0n) is 10.5. The predicted molar refractivity (Wildman–Crippen MR) is 67.6 cm³/mol. The third kappa shape index (κ3) is 5.33. The summed E-state index contributed by atoms with van der Waals surface area (Å²) in [5, 5.41) is 0.0684. The molecule has 0 saturated carbocycles. The minimum Gasteiger partial charge on any atom is -0.443 e. The van der Waals surface area contributed by atoms with Crippen molar-refractivity contribution >= 4 is 17.7 Å². The Hall–Kier alpha value is -1.33. The molecule has 0 radical (unpaired) electrons. The number of hydrogen-bond donors (Lipinski definition) is 2. The molecule has 0 atom stereocenters. The molecule has 0 spiro atoms. The summed E-state index contributed by atoms with van der Waals surface area (Å²) in [5.41, 5.74) is 5.09. The average Bonchev–Trinajstić information content (AvgIpc) is 2.20. The quantitative estimate of drug-likeness (QED) is 0.833. The summed E-state index contributed by atoms with van der Waals surface area (Å²) in [7, 11) is 0. The van der Waals surface area contributed by atoms with Crippen molar-refractivity contribution in [2.45, 2.75) is 32.9 Å². The van der Waals surface area contributed by atoms with Gasteiger partial charge in [0.1, 0.15) is 11.4 Å². The molecule has 2 N–H and O–H groups in total. The first-order valence-corrected chi connectivity index (χ1v) is 5.81. The van der Waals surface area contributed by atoms with Gasteiger partial charge in [0.2, 0.25) is 0 Å². The van der Waals surface area contributed by atoms with Crippen molar-refractivity contribution < 1.29 is 13.9 Å². The van der Waals surface area contributed by atoms with Gasteiger partial charge in [-0.3, -0.25) is 5.43 Å². The first-order valence-electron chi connectivity index (χ1n) is 5.44. The molecule has 0 fully saturated rings. The molecular formula is C12H16ClFN2O2. The third-order valence-corrected chi connectivity index (χ3v) is 2.17.